The average Bonchev–Trinajstić information content (AvgIpc) is 2.76. The van der Waals surface area contributed by atoms with E-state index in [0.717, 1.165) is 18.0 Å². The Morgan fingerprint density at radius 1 is 1.44 bits per heavy atom. The highest BCUT2D eigenvalue weighted by Gasteiger charge is 2.36. The van der Waals surface area contributed by atoms with Crippen molar-refractivity contribution in [1.29, 1.82) is 0 Å². The Morgan fingerprint density at radius 2 is 2.33 bits per heavy atom. The fourth-order valence-electron chi connectivity index (χ4n) is 3.52. The minimum absolute atomic E-state index is 0.522. The molecule has 2 aliphatic heterocycles. The first-order chi connectivity index (χ1) is 8.77. The number of nitrogens with zero attached hydrogens (tertiary/aromatic N) is 2. The summed E-state index contributed by atoms with van der Waals surface area (Å²) in [5.41, 5.74) is 1.63. The van der Waals surface area contributed by atoms with E-state index >= 15 is 0 Å². The van der Waals surface area contributed by atoms with Gasteiger partial charge in [0.2, 0.25) is 0 Å². The molecule has 0 radical (unpaired) electrons. The molecule has 18 heavy (non-hydrogen) atoms. The van der Waals surface area contributed by atoms with Crippen molar-refractivity contribution in [2.75, 3.05) is 26.2 Å². The van der Waals surface area contributed by atoms with Gasteiger partial charge in [0.1, 0.15) is 5.76 Å². The average molecular weight is 249 g/mol. The molecule has 2 fully saturated rings. The molecule has 1 aromatic heterocycles. The monoisotopic (exact) mass is 249 g/mol. The number of aromatic nitrogens is 1. The highest BCUT2D eigenvalue weighted by molar-refractivity contribution is 5.05. The summed E-state index contributed by atoms with van der Waals surface area (Å²) in [5.74, 6) is 0.969. The molecule has 3 rings (SSSR count). The molecule has 0 bridgehead atoms. The van der Waals surface area contributed by atoms with Crippen molar-refractivity contribution < 1.29 is 4.42 Å². The summed E-state index contributed by atoms with van der Waals surface area (Å²) in [6.45, 7) is 7.76. The number of likely N-dealkylation sites (tertiary alicyclic amines) is 1. The van der Waals surface area contributed by atoms with Crippen LogP contribution in [0.4, 0.5) is 0 Å². The van der Waals surface area contributed by atoms with E-state index in [0.29, 0.717) is 5.41 Å². The van der Waals surface area contributed by atoms with Gasteiger partial charge >= 0.3 is 0 Å². The zero-order chi connectivity index (χ0) is 12.4. The summed E-state index contributed by atoms with van der Waals surface area (Å²) in [6, 6.07) is 0. The maximum Gasteiger partial charge on any atom is 0.181 e. The first kappa shape index (κ1) is 12.2. The van der Waals surface area contributed by atoms with E-state index in [4.69, 9.17) is 4.42 Å². The highest BCUT2D eigenvalue weighted by atomic mass is 16.3. The minimum atomic E-state index is 0.522. The van der Waals surface area contributed by atoms with E-state index < -0.39 is 0 Å². The number of aryl methyl sites for hydroxylation is 1. The summed E-state index contributed by atoms with van der Waals surface area (Å²) in [4.78, 5) is 6.88. The van der Waals surface area contributed by atoms with Crippen LogP contribution >= 0.6 is 0 Å². The number of hydrogen-bond donors (Lipinski definition) is 1. The lowest BCUT2D eigenvalue weighted by Crippen LogP contribution is -2.50. The van der Waals surface area contributed by atoms with Crippen LogP contribution in [0.25, 0.3) is 0 Å². The Kier molecular flexibility index (Phi) is 3.39. The Hall–Kier alpha value is -0.870. The number of rotatable bonds is 2. The van der Waals surface area contributed by atoms with Gasteiger partial charge in [-0.1, -0.05) is 0 Å². The van der Waals surface area contributed by atoms with Crippen LogP contribution < -0.4 is 5.32 Å². The maximum absolute atomic E-state index is 5.29. The molecule has 3 heterocycles. The van der Waals surface area contributed by atoms with Gasteiger partial charge in [-0.25, -0.2) is 4.98 Å². The van der Waals surface area contributed by atoms with Gasteiger partial charge in [0, 0.05) is 19.6 Å². The highest BCUT2D eigenvalue weighted by Crippen LogP contribution is 2.36. The summed E-state index contributed by atoms with van der Waals surface area (Å²) >= 11 is 0. The van der Waals surface area contributed by atoms with Crippen LogP contribution in [-0.4, -0.2) is 36.1 Å². The summed E-state index contributed by atoms with van der Waals surface area (Å²) in [5, 5.41) is 3.58. The van der Waals surface area contributed by atoms with E-state index in [9.17, 15) is 0 Å². The Bertz CT molecular complexity index is 390. The Morgan fingerprint density at radius 3 is 3.06 bits per heavy atom. The molecule has 1 atom stereocenters. The van der Waals surface area contributed by atoms with Crippen LogP contribution in [0.2, 0.25) is 0 Å². The van der Waals surface area contributed by atoms with E-state index in [2.05, 4.69) is 15.2 Å². The third-order valence-corrected chi connectivity index (χ3v) is 4.52. The van der Waals surface area contributed by atoms with Gasteiger partial charge in [-0.15, -0.1) is 0 Å². The third kappa shape index (κ3) is 2.45. The van der Waals surface area contributed by atoms with Crippen LogP contribution in [0, 0.1) is 12.3 Å². The SMILES string of the molecule is Cc1ocnc1CN1CCCC2(CCCNC2)C1. The standard InChI is InChI=1S/C14H23N3O/c1-12-13(16-11-18-12)8-17-7-3-5-14(10-17)4-2-6-15-9-14/h11,15H,2-10H2,1H3. The minimum Gasteiger partial charge on any atom is -0.448 e. The predicted molar refractivity (Wildman–Crippen MR) is 70.3 cm³/mol. The van der Waals surface area contributed by atoms with Gasteiger partial charge in [0.25, 0.3) is 0 Å². The second-order valence-corrected chi connectivity index (χ2v) is 5.95. The molecule has 2 aliphatic rings. The van der Waals surface area contributed by atoms with Crippen molar-refractivity contribution in [1.82, 2.24) is 15.2 Å². The van der Waals surface area contributed by atoms with Crippen molar-refractivity contribution in [3.8, 4) is 0 Å². The summed E-state index contributed by atoms with van der Waals surface area (Å²) < 4.78 is 5.29. The molecule has 4 heteroatoms. The molecular weight excluding hydrogens is 226 g/mol. The lowest BCUT2D eigenvalue weighted by atomic mass is 9.74. The molecule has 0 amide bonds. The van der Waals surface area contributed by atoms with Crippen molar-refractivity contribution >= 4 is 0 Å². The molecule has 1 N–H and O–H groups in total. The molecule has 0 saturated carbocycles. The molecular formula is C14H23N3O. The van der Waals surface area contributed by atoms with E-state index in [1.807, 2.05) is 6.92 Å². The number of nitrogens with one attached hydrogen (secondary N) is 1. The lowest BCUT2D eigenvalue weighted by molar-refractivity contribution is 0.0592. The largest absolute Gasteiger partial charge is 0.448 e. The van der Waals surface area contributed by atoms with Gasteiger partial charge in [0.15, 0.2) is 6.39 Å². The van der Waals surface area contributed by atoms with Crippen LogP contribution in [-0.2, 0) is 6.54 Å². The molecule has 4 nitrogen and oxygen atoms in total. The number of hydrogen-bond acceptors (Lipinski definition) is 4. The van der Waals surface area contributed by atoms with Gasteiger partial charge in [-0.3, -0.25) is 4.90 Å². The van der Waals surface area contributed by atoms with Gasteiger partial charge in [0.05, 0.1) is 5.69 Å². The molecule has 1 unspecified atom stereocenters. The van der Waals surface area contributed by atoms with Crippen LogP contribution in [0.5, 0.6) is 0 Å². The van der Waals surface area contributed by atoms with Crippen molar-refractivity contribution in [2.45, 2.75) is 39.2 Å². The van der Waals surface area contributed by atoms with Crippen molar-refractivity contribution in [3.63, 3.8) is 0 Å². The normalized spacial score (nSPS) is 29.8. The number of piperidine rings is 2. The molecule has 2 saturated heterocycles. The van der Waals surface area contributed by atoms with E-state index in [1.54, 1.807) is 6.39 Å². The van der Waals surface area contributed by atoms with E-state index in [1.165, 1.54) is 51.9 Å². The van der Waals surface area contributed by atoms with Gasteiger partial charge < -0.3 is 9.73 Å². The molecule has 1 spiro atoms. The van der Waals surface area contributed by atoms with Crippen molar-refractivity contribution in [2.24, 2.45) is 5.41 Å². The Balaban J connectivity index is 1.65. The van der Waals surface area contributed by atoms with Crippen LogP contribution in [0.1, 0.15) is 37.1 Å². The van der Waals surface area contributed by atoms with Crippen LogP contribution in [0.15, 0.2) is 10.8 Å². The second-order valence-electron chi connectivity index (χ2n) is 5.95. The summed E-state index contributed by atoms with van der Waals surface area (Å²) in [6.07, 6.45) is 6.98. The smallest absolute Gasteiger partial charge is 0.181 e. The fraction of sp³-hybridized carbons (Fsp3) is 0.786. The molecule has 1 aromatic rings. The lowest BCUT2D eigenvalue weighted by Gasteiger charge is -2.45. The first-order valence-electron chi connectivity index (χ1n) is 7.10. The van der Waals surface area contributed by atoms with Gasteiger partial charge in [-0.2, -0.15) is 0 Å². The number of oxazole rings is 1. The topological polar surface area (TPSA) is 41.3 Å². The zero-order valence-electron chi connectivity index (χ0n) is 11.2. The summed E-state index contributed by atoms with van der Waals surface area (Å²) in [7, 11) is 0. The second kappa shape index (κ2) is 5.02. The van der Waals surface area contributed by atoms with E-state index in [-0.39, 0.29) is 0 Å². The molecule has 0 aliphatic carbocycles. The van der Waals surface area contributed by atoms with Crippen molar-refractivity contribution in [3.05, 3.63) is 17.8 Å². The molecule has 0 aromatic carbocycles. The van der Waals surface area contributed by atoms with Gasteiger partial charge in [-0.05, 0) is 51.1 Å². The Labute approximate surface area is 109 Å². The fourth-order valence-corrected chi connectivity index (χ4v) is 3.52. The van der Waals surface area contributed by atoms with Crippen LogP contribution in [0.3, 0.4) is 0 Å². The predicted octanol–water partition coefficient (Wildman–Crippen LogP) is 1.95. The quantitative estimate of drug-likeness (QED) is 0.870. The maximum atomic E-state index is 5.29. The molecule has 100 valence electrons. The zero-order valence-corrected chi connectivity index (χ0v) is 11.2. The first-order valence-corrected chi connectivity index (χ1v) is 7.10. The third-order valence-electron chi connectivity index (χ3n) is 4.52.